The molecule has 0 aromatic heterocycles. The van der Waals surface area contributed by atoms with Crippen molar-refractivity contribution in [1.82, 2.24) is 9.80 Å². The van der Waals surface area contributed by atoms with Crippen LogP contribution in [0.2, 0.25) is 0 Å². The Labute approximate surface area is 168 Å². The molecule has 28 heavy (non-hydrogen) atoms. The molecule has 2 rings (SSSR count). The molecule has 0 aromatic rings. The molecular formula is C21H34N2O5. The third-order valence-electron chi connectivity index (χ3n) is 5.16. The standard InChI is InChI=1S/C21H34N2O5/c1-7-15-12-13-22(20(25)28-21(4,5)6)18(15)19(24)23-16(8-2)10-11-17(23)14-27-26-9-3/h7-8,15-18H,1-2,9-14H2,3-6H3/t15-,16?,17-,18?/m0/s1. The average molecular weight is 395 g/mol. The fraction of sp³-hybridized carbons (Fsp3) is 0.714. The van der Waals surface area contributed by atoms with Crippen LogP contribution in [-0.4, -0.2) is 65.3 Å². The molecular weight excluding hydrogens is 360 g/mol. The SMILES string of the molecule is C=CC1CC[C@@H](COOCC)N1C(=O)C1[C@@H](C=C)CCN1C(=O)OC(C)(C)C. The number of rotatable bonds is 7. The van der Waals surface area contributed by atoms with Crippen LogP contribution in [0.1, 0.15) is 47.0 Å². The maximum Gasteiger partial charge on any atom is 0.410 e. The lowest BCUT2D eigenvalue weighted by Gasteiger charge is -2.35. The highest BCUT2D eigenvalue weighted by Crippen LogP contribution is 2.33. The van der Waals surface area contributed by atoms with Gasteiger partial charge in [0.25, 0.3) is 0 Å². The molecule has 0 radical (unpaired) electrons. The third-order valence-corrected chi connectivity index (χ3v) is 5.16. The van der Waals surface area contributed by atoms with Crippen LogP contribution in [0.15, 0.2) is 25.3 Å². The largest absolute Gasteiger partial charge is 0.444 e. The molecule has 0 N–H and O–H groups in total. The van der Waals surface area contributed by atoms with Crippen LogP contribution in [-0.2, 0) is 19.3 Å². The summed E-state index contributed by atoms with van der Waals surface area (Å²) in [6.07, 6.45) is 5.38. The van der Waals surface area contributed by atoms with Crippen molar-refractivity contribution in [1.29, 1.82) is 0 Å². The first-order valence-electron chi connectivity index (χ1n) is 10.0. The van der Waals surface area contributed by atoms with Gasteiger partial charge in [-0.2, -0.15) is 0 Å². The molecule has 7 heteroatoms. The lowest BCUT2D eigenvalue weighted by atomic mass is 9.98. The van der Waals surface area contributed by atoms with Crippen LogP contribution >= 0.6 is 0 Å². The van der Waals surface area contributed by atoms with Gasteiger partial charge < -0.3 is 9.64 Å². The van der Waals surface area contributed by atoms with E-state index in [9.17, 15) is 9.59 Å². The Hall–Kier alpha value is -1.86. The molecule has 0 saturated carbocycles. The molecule has 0 aliphatic carbocycles. The zero-order valence-electron chi connectivity index (χ0n) is 17.6. The predicted octanol–water partition coefficient (Wildman–Crippen LogP) is 3.31. The van der Waals surface area contributed by atoms with E-state index in [2.05, 4.69) is 13.2 Å². The number of ether oxygens (including phenoxy) is 1. The summed E-state index contributed by atoms with van der Waals surface area (Å²) < 4.78 is 5.53. The molecule has 158 valence electrons. The molecule has 0 spiro atoms. The summed E-state index contributed by atoms with van der Waals surface area (Å²) >= 11 is 0. The minimum Gasteiger partial charge on any atom is -0.444 e. The third kappa shape index (κ3) is 5.14. The molecule has 7 nitrogen and oxygen atoms in total. The van der Waals surface area contributed by atoms with Crippen LogP contribution in [0.4, 0.5) is 4.79 Å². The second-order valence-corrected chi connectivity index (χ2v) is 8.28. The number of hydrogen-bond donors (Lipinski definition) is 0. The molecule has 2 fully saturated rings. The molecule has 0 aromatic carbocycles. The zero-order chi connectivity index (χ0) is 20.9. The minimum absolute atomic E-state index is 0.0886. The first kappa shape index (κ1) is 22.4. The van der Waals surface area contributed by atoms with E-state index < -0.39 is 17.7 Å². The van der Waals surface area contributed by atoms with E-state index in [1.807, 2.05) is 27.7 Å². The van der Waals surface area contributed by atoms with Crippen molar-refractivity contribution in [3.05, 3.63) is 25.3 Å². The molecule has 2 amide bonds. The van der Waals surface area contributed by atoms with E-state index in [-0.39, 0.29) is 23.9 Å². The predicted molar refractivity (Wildman–Crippen MR) is 106 cm³/mol. The van der Waals surface area contributed by atoms with Gasteiger partial charge in [-0.05, 0) is 47.0 Å². The van der Waals surface area contributed by atoms with Gasteiger partial charge in [0.15, 0.2) is 0 Å². The van der Waals surface area contributed by atoms with Crippen molar-refractivity contribution >= 4 is 12.0 Å². The number of carbonyl (C=O) groups excluding carboxylic acids is 2. The van der Waals surface area contributed by atoms with Gasteiger partial charge >= 0.3 is 6.09 Å². The normalized spacial score (nSPS) is 27.7. The maximum atomic E-state index is 13.6. The highest BCUT2D eigenvalue weighted by molar-refractivity contribution is 5.88. The summed E-state index contributed by atoms with van der Waals surface area (Å²) in [7, 11) is 0. The Bertz CT molecular complexity index is 586. The van der Waals surface area contributed by atoms with E-state index in [0.717, 1.165) is 12.8 Å². The lowest BCUT2D eigenvalue weighted by Crippen LogP contribution is -2.54. The van der Waals surface area contributed by atoms with E-state index in [0.29, 0.717) is 26.2 Å². The van der Waals surface area contributed by atoms with Gasteiger partial charge in [0.1, 0.15) is 18.2 Å². The Kier molecular flexibility index (Phi) is 7.66. The Balaban J connectivity index is 2.23. The summed E-state index contributed by atoms with van der Waals surface area (Å²) in [5.41, 5.74) is -0.623. The van der Waals surface area contributed by atoms with Crippen LogP contribution in [0.3, 0.4) is 0 Å². The Morgan fingerprint density at radius 1 is 1.11 bits per heavy atom. The number of likely N-dealkylation sites (tertiary alicyclic amines) is 2. The lowest BCUT2D eigenvalue weighted by molar-refractivity contribution is -0.297. The highest BCUT2D eigenvalue weighted by Gasteiger charge is 2.47. The van der Waals surface area contributed by atoms with Crippen molar-refractivity contribution in [2.45, 2.75) is 70.7 Å². The van der Waals surface area contributed by atoms with Gasteiger partial charge in [0, 0.05) is 12.5 Å². The quantitative estimate of drug-likeness (QED) is 0.287. The van der Waals surface area contributed by atoms with E-state index >= 15 is 0 Å². The monoisotopic (exact) mass is 394 g/mol. The van der Waals surface area contributed by atoms with E-state index in [4.69, 9.17) is 14.5 Å². The van der Waals surface area contributed by atoms with Crippen LogP contribution < -0.4 is 0 Å². The zero-order valence-corrected chi connectivity index (χ0v) is 17.6. The number of nitrogens with zero attached hydrogens (tertiary/aromatic N) is 2. The molecule has 2 aliphatic heterocycles. The number of amides is 2. The van der Waals surface area contributed by atoms with Gasteiger partial charge in [-0.25, -0.2) is 14.6 Å². The maximum absolute atomic E-state index is 13.6. The Morgan fingerprint density at radius 3 is 2.39 bits per heavy atom. The summed E-state index contributed by atoms with van der Waals surface area (Å²) in [6.45, 7) is 16.3. The summed E-state index contributed by atoms with van der Waals surface area (Å²) in [5.74, 6) is -0.222. The van der Waals surface area contributed by atoms with Crippen molar-refractivity contribution in [2.24, 2.45) is 5.92 Å². The molecule has 2 saturated heterocycles. The van der Waals surface area contributed by atoms with Crippen LogP contribution in [0, 0.1) is 5.92 Å². The van der Waals surface area contributed by atoms with E-state index in [1.54, 1.807) is 22.0 Å². The second-order valence-electron chi connectivity index (χ2n) is 8.28. The summed E-state index contributed by atoms with van der Waals surface area (Å²) in [6, 6.07) is -0.828. The summed E-state index contributed by atoms with van der Waals surface area (Å²) in [5, 5.41) is 0. The first-order valence-corrected chi connectivity index (χ1v) is 10.0. The van der Waals surface area contributed by atoms with Gasteiger partial charge in [-0.1, -0.05) is 12.2 Å². The van der Waals surface area contributed by atoms with Crippen molar-refractivity contribution in [3.8, 4) is 0 Å². The fourth-order valence-corrected chi connectivity index (χ4v) is 3.92. The van der Waals surface area contributed by atoms with Crippen molar-refractivity contribution in [3.63, 3.8) is 0 Å². The minimum atomic E-state index is -0.623. The molecule has 2 heterocycles. The molecule has 4 atom stereocenters. The van der Waals surface area contributed by atoms with Crippen LogP contribution in [0.5, 0.6) is 0 Å². The molecule has 2 unspecified atom stereocenters. The summed E-state index contributed by atoms with van der Waals surface area (Å²) in [4.78, 5) is 39.9. The average Bonchev–Trinajstić information content (AvgIpc) is 3.23. The fourth-order valence-electron chi connectivity index (χ4n) is 3.92. The van der Waals surface area contributed by atoms with E-state index in [1.165, 1.54) is 0 Å². The highest BCUT2D eigenvalue weighted by atomic mass is 17.2. The smallest absolute Gasteiger partial charge is 0.410 e. The van der Waals surface area contributed by atoms with Gasteiger partial charge in [-0.3, -0.25) is 9.69 Å². The Morgan fingerprint density at radius 2 is 1.82 bits per heavy atom. The van der Waals surface area contributed by atoms with Gasteiger partial charge in [0.2, 0.25) is 5.91 Å². The molecule has 0 bridgehead atoms. The number of carbonyl (C=O) groups is 2. The van der Waals surface area contributed by atoms with Gasteiger partial charge in [-0.15, -0.1) is 13.2 Å². The van der Waals surface area contributed by atoms with Crippen molar-refractivity contribution < 1.29 is 24.1 Å². The van der Waals surface area contributed by atoms with Crippen molar-refractivity contribution in [2.75, 3.05) is 19.8 Å². The van der Waals surface area contributed by atoms with Gasteiger partial charge in [0.05, 0.1) is 18.7 Å². The van der Waals surface area contributed by atoms with Crippen LogP contribution in [0.25, 0.3) is 0 Å². The number of hydrogen-bond acceptors (Lipinski definition) is 5. The molecule has 2 aliphatic rings. The topological polar surface area (TPSA) is 68.3 Å². The first-order chi connectivity index (χ1) is 13.2. The second kappa shape index (κ2) is 9.56.